The van der Waals surface area contributed by atoms with Crippen LogP contribution in [-0.2, 0) is 10.5 Å². The SMILES string of the molecule is C=CCOc1ccc(C2C(C(=O)c3sc(C)nc3C)=C(O)C(=O)N2c2nnc(SCc3ccc(C)cc3)s2)cc1OCC. The minimum atomic E-state index is -0.989. The molecule has 0 aliphatic carbocycles. The van der Waals surface area contributed by atoms with Crippen molar-refractivity contribution in [3.8, 4) is 11.5 Å². The van der Waals surface area contributed by atoms with Crippen LogP contribution in [0, 0.1) is 20.8 Å². The molecule has 0 bridgehead atoms. The molecular weight excluding hydrogens is 605 g/mol. The summed E-state index contributed by atoms with van der Waals surface area (Å²) in [7, 11) is 0. The quantitative estimate of drug-likeness (QED) is 0.0764. The predicted molar refractivity (Wildman–Crippen MR) is 170 cm³/mol. The van der Waals surface area contributed by atoms with Gasteiger partial charge in [0.2, 0.25) is 10.9 Å². The number of hydrogen-bond acceptors (Lipinski definition) is 11. The molecule has 1 unspecified atom stereocenters. The number of nitrogens with zero attached hydrogens (tertiary/aromatic N) is 4. The number of thioether (sulfide) groups is 1. The first-order valence-electron chi connectivity index (χ1n) is 13.5. The molecule has 1 N–H and O–H groups in total. The van der Waals surface area contributed by atoms with E-state index in [1.54, 1.807) is 38.1 Å². The summed E-state index contributed by atoms with van der Waals surface area (Å²) >= 11 is 3.94. The lowest BCUT2D eigenvalue weighted by atomic mass is 9.95. The van der Waals surface area contributed by atoms with Crippen molar-refractivity contribution in [1.29, 1.82) is 0 Å². The van der Waals surface area contributed by atoms with Gasteiger partial charge in [0.25, 0.3) is 5.91 Å². The van der Waals surface area contributed by atoms with E-state index in [-0.39, 0.29) is 17.3 Å². The molecular formula is C31H30N4O5S3. The fourth-order valence-electron chi connectivity index (χ4n) is 4.63. The number of carbonyl (C=O) groups is 2. The van der Waals surface area contributed by atoms with E-state index in [0.29, 0.717) is 49.3 Å². The Bertz CT molecular complexity index is 1710. The molecule has 0 spiro atoms. The summed E-state index contributed by atoms with van der Waals surface area (Å²) in [5, 5.41) is 20.8. The summed E-state index contributed by atoms with van der Waals surface area (Å²) < 4.78 is 12.3. The zero-order valence-electron chi connectivity index (χ0n) is 24.1. The van der Waals surface area contributed by atoms with Crippen LogP contribution in [0.3, 0.4) is 0 Å². The Morgan fingerprint density at radius 2 is 1.86 bits per heavy atom. The lowest BCUT2D eigenvalue weighted by molar-refractivity contribution is -0.117. The number of amides is 1. The molecule has 3 heterocycles. The van der Waals surface area contributed by atoms with Crippen molar-refractivity contribution in [3.05, 3.63) is 98.7 Å². The highest BCUT2D eigenvalue weighted by Crippen LogP contribution is 2.46. The Kier molecular flexibility index (Phi) is 9.28. The first-order chi connectivity index (χ1) is 20.7. The van der Waals surface area contributed by atoms with E-state index in [4.69, 9.17) is 9.47 Å². The van der Waals surface area contributed by atoms with Gasteiger partial charge in [0, 0.05) is 5.75 Å². The number of ether oxygens (including phenoxy) is 2. The Morgan fingerprint density at radius 3 is 2.53 bits per heavy atom. The highest BCUT2D eigenvalue weighted by molar-refractivity contribution is 8.00. The maximum atomic E-state index is 14.0. The second-order valence-corrected chi connectivity index (χ2v) is 13.1. The minimum Gasteiger partial charge on any atom is -0.503 e. The Labute approximate surface area is 261 Å². The van der Waals surface area contributed by atoms with Gasteiger partial charge in [0.05, 0.1) is 33.8 Å². The smallest absolute Gasteiger partial charge is 0.296 e. The Hall–Kier alpha value is -4.00. The van der Waals surface area contributed by atoms with Crippen molar-refractivity contribution in [1.82, 2.24) is 15.2 Å². The van der Waals surface area contributed by atoms with Gasteiger partial charge in [-0.15, -0.1) is 21.5 Å². The largest absolute Gasteiger partial charge is 0.503 e. The van der Waals surface area contributed by atoms with Gasteiger partial charge < -0.3 is 14.6 Å². The molecule has 0 radical (unpaired) electrons. The van der Waals surface area contributed by atoms with Crippen LogP contribution in [0.1, 0.15) is 50.0 Å². The molecule has 1 atom stereocenters. The molecule has 1 amide bonds. The fourth-order valence-corrected chi connectivity index (χ4v) is 7.33. The number of aliphatic hydroxyl groups is 1. The molecule has 2 aromatic heterocycles. The van der Waals surface area contributed by atoms with E-state index in [1.165, 1.54) is 44.9 Å². The third kappa shape index (κ3) is 6.36. The van der Waals surface area contributed by atoms with Crippen LogP contribution in [0.5, 0.6) is 11.5 Å². The third-order valence-corrected chi connectivity index (χ3v) is 9.79. The van der Waals surface area contributed by atoms with Crippen molar-refractivity contribution in [3.63, 3.8) is 0 Å². The van der Waals surface area contributed by atoms with Crippen molar-refractivity contribution in [2.45, 2.75) is 43.8 Å². The molecule has 0 saturated heterocycles. The average Bonchev–Trinajstić information content (AvgIpc) is 3.67. The summed E-state index contributed by atoms with van der Waals surface area (Å²) in [6, 6.07) is 12.4. The number of thiazole rings is 1. The van der Waals surface area contributed by atoms with Gasteiger partial charge in [-0.3, -0.25) is 14.5 Å². The van der Waals surface area contributed by atoms with Crippen LogP contribution in [0.15, 0.2) is 70.8 Å². The monoisotopic (exact) mass is 634 g/mol. The summed E-state index contributed by atoms with van der Waals surface area (Å²) in [5.41, 5.74) is 3.33. The molecule has 12 heteroatoms. The van der Waals surface area contributed by atoms with Gasteiger partial charge in [-0.25, -0.2) is 4.98 Å². The number of benzene rings is 2. The predicted octanol–water partition coefficient (Wildman–Crippen LogP) is 6.96. The van der Waals surface area contributed by atoms with Gasteiger partial charge in [0.15, 0.2) is 21.6 Å². The molecule has 1 aliphatic rings. The average molecular weight is 635 g/mol. The number of aliphatic hydroxyl groups excluding tert-OH is 1. The number of hydrogen-bond donors (Lipinski definition) is 1. The van der Waals surface area contributed by atoms with Crippen molar-refractivity contribution in [2.24, 2.45) is 0 Å². The molecule has 9 nitrogen and oxygen atoms in total. The van der Waals surface area contributed by atoms with E-state index in [1.807, 2.05) is 13.8 Å². The summed E-state index contributed by atoms with van der Waals surface area (Å²) in [6.07, 6.45) is 1.63. The van der Waals surface area contributed by atoms with Crippen molar-refractivity contribution < 1.29 is 24.2 Å². The number of carbonyl (C=O) groups excluding carboxylic acids is 2. The minimum absolute atomic E-state index is 0.0528. The summed E-state index contributed by atoms with van der Waals surface area (Å²) in [5.74, 6) is -0.235. The highest BCUT2D eigenvalue weighted by Gasteiger charge is 2.47. The van der Waals surface area contributed by atoms with Crippen LogP contribution in [-0.4, -0.2) is 45.2 Å². The van der Waals surface area contributed by atoms with E-state index < -0.39 is 23.5 Å². The van der Waals surface area contributed by atoms with Gasteiger partial charge in [-0.1, -0.05) is 71.6 Å². The van der Waals surface area contributed by atoms with Crippen molar-refractivity contribution in [2.75, 3.05) is 18.1 Å². The number of rotatable bonds is 12. The number of ketones is 1. The van der Waals surface area contributed by atoms with Gasteiger partial charge in [0.1, 0.15) is 6.61 Å². The van der Waals surface area contributed by atoms with Crippen molar-refractivity contribution >= 4 is 51.3 Å². The normalized spacial score (nSPS) is 14.8. The number of Topliss-reactive ketones (excluding diaryl/α,β-unsaturated/α-hetero) is 1. The first-order valence-corrected chi connectivity index (χ1v) is 16.1. The van der Waals surface area contributed by atoms with Crippen LogP contribution in [0.2, 0.25) is 0 Å². The van der Waals surface area contributed by atoms with Crippen LogP contribution in [0.25, 0.3) is 0 Å². The van der Waals surface area contributed by atoms with Crippen LogP contribution >= 0.6 is 34.4 Å². The van der Waals surface area contributed by atoms with E-state index >= 15 is 0 Å². The Balaban J connectivity index is 1.55. The van der Waals surface area contributed by atoms with Gasteiger partial charge in [-0.05, 0) is 51.0 Å². The second kappa shape index (κ2) is 13.1. The number of aromatic nitrogens is 3. The maximum absolute atomic E-state index is 14.0. The summed E-state index contributed by atoms with van der Waals surface area (Å²) in [4.78, 5) is 33.7. The molecule has 0 fully saturated rings. The molecule has 222 valence electrons. The van der Waals surface area contributed by atoms with E-state index in [2.05, 4.69) is 46.0 Å². The molecule has 1 aliphatic heterocycles. The molecule has 43 heavy (non-hydrogen) atoms. The standard InChI is InChI=1S/C31H30N4O5S3/c1-6-14-40-22-13-12-21(15-23(22)39-7-2)25-24(26(36)28-18(4)32-19(5)42-28)27(37)29(38)35(25)30-33-34-31(43-30)41-16-20-10-8-17(3)9-11-20/h6,8-13,15,25,37H,1,7,14,16H2,2-5H3. The fraction of sp³-hybridized carbons (Fsp3) is 0.258. The highest BCUT2D eigenvalue weighted by atomic mass is 32.2. The first kappa shape index (κ1) is 30.5. The number of aryl methyl sites for hydroxylation is 3. The van der Waals surface area contributed by atoms with Gasteiger partial charge in [-0.2, -0.15) is 0 Å². The molecule has 0 saturated carbocycles. The second-order valence-electron chi connectivity index (χ2n) is 9.68. The molecule has 4 aromatic rings. The molecule has 5 rings (SSSR count). The lowest BCUT2D eigenvalue weighted by Gasteiger charge is -2.25. The van der Waals surface area contributed by atoms with Crippen LogP contribution in [0.4, 0.5) is 5.13 Å². The Morgan fingerprint density at radius 1 is 1.09 bits per heavy atom. The zero-order valence-corrected chi connectivity index (χ0v) is 26.6. The lowest BCUT2D eigenvalue weighted by Crippen LogP contribution is -2.31. The zero-order chi connectivity index (χ0) is 30.7. The van der Waals surface area contributed by atoms with Crippen LogP contribution < -0.4 is 14.4 Å². The van der Waals surface area contributed by atoms with Gasteiger partial charge >= 0.3 is 0 Å². The maximum Gasteiger partial charge on any atom is 0.296 e. The molecule has 2 aromatic carbocycles. The summed E-state index contributed by atoms with van der Waals surface area (Å²) in [6.45, 7) is 11.8. The third-order valence-electron chi connectivity index (χ3n) is 6.59. The number of anilines is 1. The van der Waals surface area contributed by atoms with E-state index in [0.717, 1.165) is 5.56 Å². The van der Waals surface area contributed by atoms with E-state index in [9.17, 15) is 14.7 Å². The topological polar surface area (TPSA) is 115 Å².